The van der Waals surface area contributed by atoms with Crippen molar-refractivity contribution in [3.63, 3.8) is 0 Å². The standard InChI is InChI=1S/C33H50N2O2/c1-8-11-29(25(9-2)18-28(20-36)31(34)10-3)32(23(4)5)30-19-27(13-12-24(30)6)26-14-16-35(17-15-26)33(7)21-37-22-33/h9,12-13,18-19,23,26,34,36H,8,10-11,14-17,20-22H2,1-7H3/b25-9+,28-18-,32-29+,34-31?. The third kappa shape index (κ3) is 6.71. The van der Waals surface area contributed by atoms with Gasteiger partial charge in [0.2, 0.25) is 0 Å². The van der Waals surface area contributed by atoms with Gasteiger partial charge in [0.05, 0.1) is 25.4 Å². The molecule has 0 atom stereocenters. The molecule has 2 saturated heterocycles. The van der Waals surface area contributed by atoms with Gasteiger partial charge in [-0.2, -0.15) is 0 Å². The Balaban J connectivity index is 2.01. The number of hydrogen-bond acceptors (Lipinski definition) is 4. The topological polar surface area (TPSA) is 56.5 Å². The first-order chi connectivity index (χ1) is 17.7. The fraction of sp³-hybridized carbons (Fsp3) is 0.606. The van der Waals surface area contributed by atoms with Crippen LogP contribution in [0.25, 0.3) is 5.57 Å². The Morgan fingerprint density at radius 1 is 1.22 bits per heavy atom. The summed E-state index contributed by atoms with van der Waals surface area (Å²) in [7, 11) is 0. The van der Waals surface area contributed by atoms with Crippen molar-refractivity contribution in [1.82, 2.24) is 4.90 Å². The molecule has 0 aliphatic carbocycles. The average Bonchev–Trinajstić information content (AvgIpc) is 2.88. The molecule has 0 spiro atoms. The Morgan fingerprint density at radius 2 is 1.89 bits per heavy atom. The summed E-state index contributed by atoms with van der Waals surface area (Å²) in [6.45, 7) is 19.4. The van der Waals surface area contributed by atoms with Crippen molar-refractivity contribution in [3.05, 3.63) is 63.8 Å². The zero-order valence-corrected chi connectivity index (χ0v) is 24.4. The van der Waals surface area contributed by atoms with E-state index in [4.69, 9.17) is 10.1 Å². The highest BCUT2D eigenvalue weighted by Gasteiger charge is 2.40. The minimum Gasteiger partial charge on any atom is -0.392 e. The number of rotatable bonds is 11. The SMILES string of the molecule is C/C=C(\C=C(\CO)C(=N)CC)C(/CCC)=C(/c1cc(C2CCN(C3(C)COC3)CC2)ccc1C)C(C)C. The predicted octanol–water partition coefficient (Wildman–Crippen LogP) is 7.47. The number of aliphatic hydroxyl groups excluding tert-OH is 1. The van der Waals surface area contributed by atoms with Crippen LogP contribution in [0.1, 0.15) is 96.3 Å². The van der Waals surface area contributed by atoms with Crippen LogP contribution < -0.4 is 0 Å². The largest absolute Gasteiger partial charge is 0.392 e. The number of aryl methyl sites for hydroxylation is 1. The van der Waals surface area contributed by atoms with Crippen molar-refractivity contribution in [2.24, 2.45) is 5.92 Å². The molecule has 0 saturated carbocycles. The number of aliphatic hydroxyl groups is 1. The number of nitrogens with zero attached hydrogens (tertiary/aromatic N) is 1. The van der Waals surface area contributed by atoms with Crippen LogP contribution in [0.2, 0.25) is 0 Å². The number of nitrogens with one attached hydrogen (secondary N) is 1. The highest BCUT2D eigenvalue weighted by Crippen LogP contribution is 2.39. The Kier molecular flexibility index (Phi) is 10.5. The van der Waals surface area contributed by atoms with Crippen molar-refractivity contribution < 1.29 is 9.84 Å². The Hall–Kier alpha value is -2.01. The van der Waals surface area contributed by atoms with E-state index in [2.05, 4.69) is 76.8 Å². The summed E-state index contributed by atoms with van der Waals surface area (Å²) in [5.41, 5.74) is 9.51. The molecule has 0 bridgehead atoms. The maximum absolute atomic E-state index is 10.00. The second kappa shape index (κ2) is 13.2. The van der Waals surface area contributed by atoms with Gasteiger partial charge in [-0.15, -0.1) is 0 Å². The number of ether oxygens (including phenoxy) is 1. The zero-order chi connectivity index (χ0) is 27.2. The fourth-order valence-corrected chi connectivity index (χ4v) is 6.01. The third-order valence-corrected chi connectivity index (χ3v) is 8.41. The molecule has 1 aromatic carbocycles. The quantitative estimate of drug-likeness (QED) is 0.242. The molecule has 2 heterocycles. The highest BCUT2D eigenvalue weighted by atomic mass is 16.5. The lowest BCUT2D eigenvalue weighted by molar-refractivity contribution is -0.136. The van der Waals surface area contributed by atoms with E-state index >= 15 is 0 Å². The van der Waals surface area contributed by atoms with Crippen LogP contribution in [-0.4, -0.2) is 54.2 Å². The van der Waals surface area contributed by atoms with Crippen LogP contribution in [-0.2, 0) is 4.74 Å². The van der Waals surface area contributed by atoms with E-state index in [1.165, 1.54) is 40.7 Å². The van der Waals surface area contributed by atoms with Gasteiger partial charge < -0.3 is 15.3 Å². The lowest BCUT2D eigenvalue weighted by Gasteiger charge is -2.50. The first-order valence-corrected chi connectivity index (χ1v) is 14.4. The molecule has 3 rings (SSSR count). The summed E-state index contributed by atoms with van der Waals surface area (Å²) in [6.07, 6.45) is 9.26. The lowest BCUT2D eigenvalue weighted by Crippen LogP contribution is -2.61. The van der Waals surface area contributed by atoms with E-state index in [1.807, 2.05) is 6.92 Å². The van der Waals surface area contributed by atoms with E-state index in [9.17, 15) is 5.11 Å². The summed E-state index contributed by atoms with van der Waals surface area (Å²) in [5.74, 6) is 0.956. The number of benzene rings is 1. The normalized spacial score (nSPS) is 20.1. The molecule has 0 amide bonds. The van der Waals surface area contributed by atoms with Crippen LogP contribution in [0.4, 0.5) is 0 Å². The van der Waals surface area contributed by atoms with Crippen molar-refractivity contribution in [2.75, 3.05) is 32.9 Å². The molecular weight excluding hydrogens is 456 g/mol. The molecule has 1 aromatic rings. The summed E-state index contributed by atoms with van der Waals surface area (Å²) < 4.78 is 5.52. The molecule has 4 nitrogen and oxygen atoms in total. The molecule has 0 unspecified atom stereocenters. The molecule has 0 aromatic heterocycles. The van der Waals surface area contributed by atoms with Gasteiger partial charge in [-0.1, -0.05) is 58.4 Å². The maximum Gasteiger partial charge on any atom is 0.0699 e. The number of hydrogen-bond donors (Lipinski definition) is 2. The van der Waals surface area contributed by atoms with E-state index in [0.717, 1.165) is 50.3 Å². The van der Waals surface area contributed by atoms with Gasteiger partial charge in [0, 0.05) is 5.71 Å². The van der Waals surface area contributed by atoms with Crippen LogP contribution in [0, 0.1) is 18.3 Å². The van der Waals surface area contributed by atoms with Crippen molar-refractivity contribution in [2.45, 2.75) is 92.0 Å². The molecule has 2 aliphatic heterocycles. The van der Waals surface area contributed by atoms with E-state index in [0.29, 0.717) is 24.0 Å². The minimum absolute atomic E-state index is 0.0984. The van der Waals surface area contributed by atoms with Gasteiger partial charge in [0.15, 0.2) is 0 Å². The number of allylic oxidation sites excluding steroid dienone is 5. The van der Waals surface area contributed by atoms with Gasteiger partial charge in [0.25, 0.3) is 0 Å². The van der Waals surface area contributed by atoms with Gasteiger partial charge >= 0.3 is 0 Å². The zero-order valence-electron chi connectivity index (χ0n) is 24.4. The molecule has 2 fully saturated rings. The molecule has 4 heteroatoms. The minimum atomic E-state index is -0.0984. The molecular formula is C33H50N2O2. The van der Waals surface area contributed by atoms with Crippen LogP contribution in [0.15, 0.2) is 47.1 Å². The lowest BCUT2D eigenvalue weighted by atomic mass is 9.80. The number of piperidine rings is 1. The van der Waals surface area contributed by atoms with Crippen LogP contribution >= 0.6 is 0 Å². The van der Waals surface area contributed by atoms with E-state index in [-0.39, 0.29) is 12.1 Å². The Bertz CT molecular complexity index is 1030. The monoisotopic (exact) mass is 506 g/mol. The van der Waals surface area contributed by atoms with Crippen LogP contribution in [0.3, 0.4) is 0 Å². The summed E-state index contributed by atoms with van der Waals surface area (Å²) in [4.78, 5) is 2.64. The maximum atomic E-state index is 10.00. The average molecular weight is 507 g/mol. The first-order valence-electron chi connectivity index (χ1n) is 14.4. The summed E-state index contributed by atoms with van der Waals surface area (Å²) in [5, 5.41) is 18.3. The van der Waals surface area contributed by atoms with Gasteiger partial charge in [-0.3, -0.25) is 4.90 Å². The molecule has 37 heavy (non-hydrogen) atoms. The molecule has 2 N–H and O–H groups in total. The Labute approximate surface area is 226 Å². The van der Waals surface area contributed by atoms with Crippen LogP contribution in [0.5, 0.6) is 0 Å². The second-order valence-corrected chi connectivity index (χ2v) is 11.5. The van der Waals surface area contributed by atoms with Crippen molar-refractivity contribution in [3.8, 4) is 0 Å². The van der Waals surface area contributed by atoms with E-state index < -0.39 is 0 Å². The molecule has 204 valence electrons. The smallest absolute Gasteiger partial charge is 0.0699 e. The van der Waals surface area contributed by atoms with Gasteiger partial charge in [0.1, 0.15) is 0 Å². The second-order valence-electron chi connectivity index (χ2n) is 11.5. The Morgan fingerprint density at radius 3 is 2.38 bits per heavy atom. The number of likely N-dealkylation sites (tertiary alicyclic amines) is 1. The predicted molar refractivity (Wildman–Crippen MR) is 158 cm³/mol. The summed E-state index contributed by atoms with van der Waals surface area (Å²) in [6, 6.07) is 7.15. The highest BCUT2D eigenvalue weighted by molar-refractivity contribution is 5.98. The van der Waals surface area contributed by atoms with Gasteiger partial charge in [-0.25, -0.2) is 0 Å². The van der Waals surface area contributed by atoms with Gasteiger partial charge in [-0.05, 0) is 116 Å². The molecule has 0 radical (unpaired) electrons. The third-order valence-electron chi connectivity index (χ3n) is 8.41. The summed E-state index contributed by atoms with van der Waals surface area (Å²) >= 11 is 0. The first kappa shape index (κ1) is 29.5. The molecule has 2 aliphatic rings. The van der Waals surface area contributed by atoms with Crippen molar-refractivity contribution in [1.29, 1.82) is 5.41 Å². The van der Waals surface area contributed by atoms with Crippen molar-refractivity contribution >= 4 is 11.3 Å². The van der Waals surface area contributed by atoms with E-state index in [1.54, 1.807) is 0 Å². The fourth-order valence-electron chi connectivity index (χ4n) is 6.01.